The molecule has 0 aliphatic carbocycles. The molecule has 0 aromatic heterocycles. The Bertz CT molecular complexity index is 309. The van der Waals surface area contributed by atoms with Gasteiger partial charge in [-0.15, -0.1) is 0 Å². The molecule has 0 saturated carbocycles. The summed E-state index contributed by atoms with van der Waals surface area (Å²) in [6.45, 7) is 1.61. The molecular weight excluding hydrogens is 198 g/mol. The molecule has 1 atom stereocenters. The van der Waals surface area contributed by atoms with Crippen molar-refractivity contribution < 1.29 is 8.78 Å². The summed E-state index contributed by atoms with van der Waals surface area (Å²) in [4.78, 5) is 1.71. The van der Waals surface area contributed by atoms with E-state index in [0.717, 1.165) is 5.69 Å². The first-order chi connectivity index (χ1) is 6.94. The van der Waals surface area contributed by atoms with Gasteiger partial charge >= 0.3 is 0 Å². The van der Waals surface area contributed by atoms with Crippen LogP contribution >= 0.6 is 0 Å². The Morgan fingerprint density at radius 1 is 1.33 bits per heavy atom. The van der Waals surface area contributed by atoms with Crippen molar-refractivity contribution in [2.45, 2.75) is 12.6 Å². The molecule has 0 heterocycles. The van der Waals surface area contributed by atoms with Crippen molar-refractivity contribution in [1.82, 2.24) is 0 Å². The Morgan fingerprint density at radius 3 is 2.33 bits per heavy atom. The topological polar surface area (TPSA) is 29.3 Å². The SMILES string of the molecule is CN(CC(C)(F)CN)c1ccc(F)cc1. The summed E-state index contributed by atoms with van der Waals surface area (Å²) in [7, 11) is 1.75. The zero-order valence-electron chi connectivity index (χ0n) is 9.00. The lowest BCUT2D eigenvalue weighted by molar-refractivity contribution is 0.208. The second-order valence-corrected chi connectivity index (χ2v) is 3.95. The fourth-order valence-corrected chi connectivity index (χ4v) is 1.35. The van der Waals surface area contributed by atoms with Crippen molar-refractivity contribution in [3.63, 3.8) is 0 Å². The van der Waals surface area contributed by atoms with Gasteiger partial charge in [0.2, 0.25) is 0 Å². The molecule has 0 amide bonds. The third kappa shape index (κ3) is 3.47. The third-order valence-electron chi connectivity index (χ3n) is 2.26. The minimum atomic E-state index is -1.43. The first-order valence-electron chi connectivity index (χ1n) is 4.80. The van der Waals surface area contributed by atoms with Crippen molar-refractivity contribution in [3.05, 3.63) is 30.1 Å². The van der Waals surface area contributed by atoms with Crippen LogP contribution in [0.3, 0.4) is 0 Å². The van der Waals surface area contributed by atoms with E-state index in [0.29, 0.717) is 0 Å². The highest BCUT2D eigenvalue weighted by atomic mass is 19.1. The highest BCUT2D eigenvalue weighted by Gasteiger charge is 2.23. The van der Waals surface area contributed by atoms with Crippen LogP contribution in [-0.4, -0.2) is 25.8 Å². The Morgan fingerprint density at radius 2 is 1.87 bits per heavy atom. The van der Waals surface area contributed by atoms with Crippen molar-refractivity contribution in [3.8, 4) is 0 Å². The molecule has 1 aromatic carbocycles. The number of benzene rings is 1. The number of anilines is 1. The zero-order chi connectivity index (χ0) is 11.5. The van der Waals surface area contributed by atoms with Gasteiger partial charge in [0.1, 0.15) is 11.5 Å². The maximum absolute atomic E-state index is 13.6. The molecule has 84 valence electrons. The molecule has 1 unspecified atom stereocenters. The second-order valence-electron chi connectivity index (χ2n) is 3.95. The van der Waals surface area contributed by atoms with E-state index in [1.807, 2.05) is 0 Å². The standard InChI is InChI=1S/C11H16F2N2/c1-11(13,7-14)8-15(2)10-5-3-9(12)4-6-10/h3-6H,7-8,14H2,1-2H3. The molecule has 2 nitrogen and oxygen atoms in total. The predicted octanol–water partition coefficient (Wildman–Crippen LogP) is 1.95. The van der Waals surface area contributed by atoms with E-state index in [9.17, 15) is 8.78 Å². The highest BCUT2D eigenvalue weighted by Crippen LogP contribution is 2.17. The molecule has 15 heavy (non-hydrogen) atoms. The summed E-state index contributed by atoms with van der Waals surface area (Å²) in [6.07, 6.45) is 0. The number of nitrogens with two attached hydrogens (primary N) is 1. The van der Waals surface area contributed by atoms with Gasteiger partial charge in [-0.3, -0.25) is 0 Å². The van der Waals surface area contributed by atoms with Gasteiger partial charge in [0.05, 0.1) is 6.54 Å². The van der Waals surface area contributed by atoms with Gasteiger partial charge in [-0.1, -0.05) is 0 Å². The fourth-order valence-electron chi connectivity index (χ4n) is 1.35. The van der Waals surface area contributed by atoms with Crippen LogP contribution in [0.1, 0.15) is 6.92 Å². The van der Waals surface area contributed by atoms with Crippen molar-refractivity contribution in [2.75, 3.05) is 25.0 Å². The average molecular weight is 214 g/mol. The molecule has 0 fully saturated rings. The van der Waals surface area contributed by atoms with Crippen LogP contribution in [0.2, 0.25) is 0 Å². The van der Waals surface area contributed by atoms with Gasteiger partial charge < -0.3 is 10.6 Å². The van der Waals surface area contributed by atoms with Crippen LogP contribution in [0.4, 0.5) is 14.5 Å². The van der Waals surface area contributed by atoms with E-state index in [-0.39, 0.29) is 18.9 Å². The molecule has 1 aromatic rings. The molecule has 4 heteroatoms. The van der Waals surface area contributed by atoms with Gasteiger partial charge in [-0.05, 0) is 31.2 Å². The molecule has 0 spiro atoms. The molecule has 0 aliphatic heterocycles. The van der Waals surface area contributed by atoms with Crippen LogP contribution in [0.5, 0.6) is 0 Å². The van der Waals surface area contributed by atoms with Crippen LogP contribution in [0.25, 0.3) is 0 Å². The maximum Gasteiger partial charge on any atom is 0.137 e. The molecule has 1 rings (SSSR count). The van der Waals surface area contributed by atoms with E-state index in [1.54, 1.807) is 24.1 Å². The molecule has 0 aliphatic rings. The largest absolute Gasteiger partial charge is 0.371 e. The van der Waals surface area contributed by atoms with Crippen LogP contribution in [-0.2, 0) is 0 Å². The predicted molar refractivity (Wildman–Crippen MR) is 58.2 cm³/mol. The molecule has 2 N–H and O–H groups in total. The Balaban J connectivity index is 2.69. The molecule has 0 saturated heterocycles. The zero-order valence-corrected chi connectivity index (χ0v) is 9.00. The summed E-state index contributed by atoms with van der Waals surface area (Å²) in [5.74, 6) is -0.297. The van der Waals surface area contributed by atoms with Crippen LogP contribution in [0.15, 0.2) is 24.3 Å². The third-order valence-corrected chi connectivity index (χ3v) is 2.26. The van der Waals surface area contributed by atoms with Gasteiger partial charge in [-0.25, -0.2) is 8.78 Å². The Kier molecular flexibility index (Phi) is 3.63. The first kappa shape index (κ1) is 11.9. The second kappa shape index (κ2) is 4.57. The Hall–Kier alpha value is -1.16. The molecule has 0 radical (unpaired) electrons. The highest BCUT2D eigenvalue weighted by molar-refractivity contribution is 5.45. The number of hydrogen-bond donors (Lipinski definition) is 1. The minimum Gasteiger partial charge on any atom is -0.371 e. The number of nitrogens with zero attached hydrogens (tertiary/aromatic N) is 1. The van der Waals surface area contributed by atoms with Crippen molar-refractivity contribution >= 4 is 5.69 Å². The molecule has 0 bridgehead atoms. The van der Waals surface area contributed by atoms with Crippen LogP contribution in [0, 0.1) is 5.82 Å². The van der Waals surface area contributed by atoms with Gasteiger partial charge in [0.25, 0.3) is 0 Å². The van der Waals surface area contributed by atoms with Crippen molar-refractivity contribution in [1.29, 1.82) is 0 Å². The lowest BCUT2D eigenvalue weighted by Crippen LogP contribution is -2.41. The van der Waals surface area contributed by atoms with E-state index in [1.165, 1.54) is 19.1 Å². The number of hydrogen-bond acceptors (Lipinski definition) is 2. The average Bonchev–Trinajstić information content (AvgIpc) is 2.18. The quantitative estimate of drug-likeness (QED) is 0.830. The summed E-state index contributed by atoms with van der Waals surface area (Å²) in [6, 6.07) is 5.93. The van der Waals surface area contributed by atoms with E-state index in [2.05, 4.69) is 0 Å². The van der Waals surface area contributed by atoms with Crippen LogP contribution < -0.4 is 10.6 Å². The number of rotatable bonds is 4. The number of alkyl halides is 1. The van der Waals surface area contributed by atoms with Gasteiger partial charge in [0.15, 0.2) is 0 Å². The van der Waals surface area contributed by atoms with E-state index < -0.39 is 5.67 Å². The lowest BCUT2D eigenvalue weighted by Gasteiger charge is -2.27. The summed E-state index contributed by atoms with van der Waals surface area (Å²) in [5.41, 5.74) is 4.64. The maximum atomic E-state index is 13.6. The normalized spacial score (nSPS) is 14.7. The summed E-state index contributed by atoms with van der Waals surface area (Å²) >= 11 is 0. The van der Waals surface area contributed by atoms with Crippen molar-refractivity contribution in [2.24, 2.45) is 5.73 Å². The smallest absolute Gasteiger partial charge is 0.137 e. The van der Waals surface area contributed by atoms with Gasteiger partial charge in [0, 0.05) is 19.3 Å². The lowest BCUT2D eigenvalue weighted by atomic mass is 10.1. The van der Waals surface area contributed by atoms with Gasteiger partial charge in [-0.2, -0.15) is 0 Å². The molecular formula is C11H16F2N2. The number of halogens is 2. The first-order valence-corrected chi connectivity index (χ1v) is 4.80. The summed E-state index contributed by atoms with van der Waals surface area (Å²) in [5, 5.41) is 0. The minimum absolute atomic E-state index is 0.0292. The fraction of sp³-hybridized carbons (Fsp3) is 0.455. The Labute approximate surface area is 88.7 Å². The monoisotopic (exact) mass is 214 g/mol. The summed E-state index contributed by atoms with van der Waals surface area (Å²) < 4.78 is 26.2. The van der Waals surface area contributed by atoms with E-state index >= 15 is 0 Å². The van der Waals surface area contributed by atoms with E-state index in [4.69, 9.17) is 5.73 Å².